The van der Waals surface area contributed by atoms with Gasteiger partial charge in [-0.1, -0.05) is 0 Å². The minimum atomic E-state index is 0.0444. The zero-order chi connectivity index (χ0) is 19.7. The summed E-state index contributed by atoms with van der Waals surface area (Å²) in [5.41, 5.74) is 1.30. The molecule has 1 saturated carbocycles. The minimum Gasteiger partial charge on any atom is -0.508 e. The maximum absolute atomic E-state index is 9.60. The van der Waals surface area contributed by atoms with Gasteiger partial charge in [-0.2, -0.15) is 5.26 Å². The molecule has 2 aromatic heterocycles. The van der Waals surface area contributed by atoms with E-state index in [1.807, 2.05) is 6.07 Å². The topological polar surface area (TPSA) is 114 Å². The molecule has 3 aromatic rings. The maximum Gasteiger partial charge on any atom is 0.204 e. The van der Waals surface area contributed by atoms with E-state index in [1.54, 1.807) is 24.4 Å². The molecule has 0 atom stereocenters. The molecule has 0 spiro atoms. The van der Waals surface area contributed by atoms with Crippen molar-refractivity contribution in [1.82, 2.24) is 4.98 Å². The van der Waals surface area contributed by atoms with Crippen LogP contribution in [0.15, 0.2) is 39.4 Å². The zero-order valence-electron chi connectivity index (χ0n) is 14.9. The van der Waals surface area contributed by atoms with Gasteiger partial charge in [-0.3, -0.25) is 0 Å². The van der Waals surface area contributed by atoms with Crippen molar-refractivity contribution in [3.8, 4) is 17.6 Å². The van der Waals surface area contributed by atoms with Gasteiger partial charge in [0.05, 0.1) is 10.7 Å². The average molecular weight is 443 g/mol. The van der Waals surface area contributed by atoms with E-state index in [0.717, 1.165) is 47.0 Å². The van der Waals surface area contributed by atoms with E-state index in [1.165, 1.54) is 6.07 Å². The highest BCUT2D eigenvalue weighted by atomic mass is 79.9. The number of benzene rings is 1. The summed E-state index contributed by atoms with van der Waals surface area (Å²) in [6.07, 6.45) is 5.47. The summed E-state index contributed by atoms with van der Waals surface area (Å²) < 4.78 is 6.20. The number of halogens is 1. The summed E-state index contributed by atoms with van der Waals surface area (Å²) in [5.74, 6) is 1.09. The number of aromatic nitrogens is 1. The second kappa shape index (κ2) is 7.60. The average Bonchev–Trinajstić information content (AvgIpc) is 3.09. The van der Waals surface area contributed by atoms with Crippen LogP contribution in [0.2, 0.25) is 0 Å². The maximum atomic E-state index is 9.60. The number of phenolic OH excluding ortho intramolecular Hbond substituents is 2. The second-order valence-corrected chi connectivity index (χ2v) is 7.79. The minimum absolute atomic E-state index is 0.0444. The molecule has 0 unspecified atom stereocenters. The number of nitriles is 1. The van der Waals surface area contributed by atoms with Gasteiger partial charge in [0, 0.05) is 47.4 Å². The lowest BCUT2D eigenvalue weighted by molar-refractivity contribution is 0.426. The number of anilines is 2. The van der Waals surface area contributed by atoms with E-state index in [9.17, 15) is 10.2 Å². The lowest BCUT2D eigenvalue weighted by atomic mass is 9.91. The standard InChI is InChI=1S/C20H19BrN4O3/c21-19-17-8-16(9-22)28-18(17)10-23-20(19)25-12-3-1-11(2-4-12)24-13-5-14(26)7-15(27)6-13/h5-8,10-12,24,26-27H,1-4H2,(H,23,25). The van der Waals surface area contributed by atoms with E-state index in [4.69, 9.17) is 9.68 Å². The van der Waals surface area contributed by atoms with Gasteiger partial charge in [0.1, 0.15) is 23.4 Å². The van der Waals surface area contributed by atoms with Crippen LogP contribution in [0.4, 0.5) is 11.5 Å². The van der Waals surface area contributed by atoms with Gasteiger partial charge in [-0.05, 0) is 41.6 Å². The molecule has 0 saturated heterocycles. The molecule has 2 heterocycles. The number of fused-ring (bicyclic) bond motifs is 1. The fourth-order valence-corrected chi connectivity index (χ4v) is 4.15. The van der Waals surface area contributed by atoms with Crippen molar-refractivity contribution in [2.45, 2.75) is 37.8 Å². The first kappa shape index (κ1) is 18.4. The number of phenols is 2. The third-order valence-corrected chi connectivity index (χ3v) is 5.77. The van der Waals surface area contributed by atoms with Crippen molar-refractivity contribution >= 4 is 38.4 Å². The summed E-state index contributed by atoms with van der Waals surface area (Å²) in [6.45, 7) is 0. The van der Waals surface area contributed by atoms with E-state index < -0.39 is 0 Å². The Kier molecular flexibility index (Phi) is 5.01. The fourth-order valence-electron chi connectivity index (χ4n) is 3.63. The molecule has 7 nitrogen and oxygen atoms in total. The molecule has 0 aliphatic heterocycles. The van der Waals surface area contributed by atoms with Crippen molar-refractivity contribution in [3.05, 3.63) is 40.7 Å². The number of pyridine rings is 1. The number of nitrogens with zero attached hydrogens (tertiary/aromatic N) is 2. The number of hydrogen-bond donors (Lipinski definition) is 4. The highest BCUT2D eigenvalue weighted by Gasteiger charge is 2.23. The molecule has 0 amide bonds. The van der Waals surface area contributed by atoms with Crippen LogP contribution in [0, 0.1) is 11.3 Å². The molecular weight excluding hydrogens is 424 g/mol. The Morgan fingerprint density at radius 3 is 2.32 bits per heavy atom. The van der Waals surface area contributed by atoms with Crippen LogP contribution < -0.4 is 10.6 Å². The zero-order valence-corrected chi connectivity index (χ0v) is 16.5. The molecule has 1 fully saturated rings. The molecule has 1 aliphatic rings. The summed E-state index contributed by atoms with van der Waals surface area (Å²) in [5, 5.41) is 35.9. The first-order valence-electron chi connectivity index (χ1n) is 9.06. The Balaban J connectivity index is 1.38. The first-order valence-corrected chi connectivity index (χ1v) is 9.85. The van der Waals surface area contributed by atoms with Crippen molar-refractivity contribution < 1.29 is 14.6 Å². The van der Waals surface area contributed by atoms with Crippen LogP contribution in [-0.2, 0) is 0 Å². The normalized spacial score (nSPS) is 19.3. The van der Waals surface area contributed by atoms with Crippen LogP contribution in [0.1, 0.15) is 31.4 Å². The van der Waals surface area contributed by atoms with Crippen LogP contribution in [0.25, 0.3) is 11.0 Å². The SMILES string of the molecule is N#Cc1cc2c(Br)c(NC3CCC(Nc4cc(O)cc(O)c4)CC3)ncc2o1. The Morgan fingerprint density at radius 2 is 1.68 bits per heavy atom. The molecule has 0 bridgehead atoms. The van der Waals surface area contributed by atoms with Crippen molar-refractivity contribution in [1.29, 1.82) is 5.26 Å². The Labute approximate surface area is 170 Å². The number of rotatable bonds is 4. The summed E-state index contributed by atoms with van der Waals surface area (Å²) in [4.78, 5) is 4.42. The van der Waals surface area contributed by atoms with Crippen LogP contribution >= 0.6 is 15.9 Å². The smallest absolute Gasteiger partial charge is 0.204 e. The molecule has 1 aromatic carbocycles. The van der Waals surface area contributed by atoms with Crippen LogP contribution in [0.3, 0.4) is 0 Å². The summed E-state index contributed by atoms with van der Waals surface area (Å²) in [7, 11) is 0. The van der Waals surface area contributed by atoms with E-state index in [-0.39, 0.29) is 23.3 Å². The van der Waals surface area contributed by atoms with Gasteiger partial charge in [-0.15, -0.1) is 0 Å². The third-order valence-electron chi connectivity index (χ3n) is 4.97. The Hall–Kier alpha value is -2.92. The molecule has 0 radical (unpaired) electrons. The number of aromatic hydroxyl groups is 2. The predicted molar refractivity (Wildman–Crippen MR) is 109 cm³/mol. The van der Waals surface area contributed by atoms with Gasteiger partial charge in [0.25, 0.3) is 0 Å². The van der Waals surface area contributed by atoms with Gasteiger partial charge in [0.2, 0.25) is 5.76 Å². The second-order valence-electron chi connectivity index (χ2n) is 7.00. The first-order chi connectivity index (χ1) is 13.5. The molecule has 8 heteroatoms. The number of furan rings is 1. The predicted octanol–water partition coefficient (Wildman–Crippen LogP) is 4.71. The Bertz CT molecular complexity index is 1030. The third kappa shape index (κ3) is 3.85. The summed E-state index contributed by atoms with van der Waals surface area (Å²) in [6, 6.07) is 8.82. The van der Waals surface area contributed by atoms with E-state index >= 15 is 0 Å². The van der Waals surface area contributed by atoms with Gasteiger partial charge in [-0.25, -0.2) is 4.98 Å². The van der Waals surface area contributed by atoms with Crippen molar-refractivity contribution in [3.63, 3.8) is 0 Å². The fraction of sp³-hybridized carbons (Fsp3) is 0.300. The van der Waals surface area contributed by atoms with E-state index in [0.29, 0.717) is 11.6 Å². The van der Waals surface area contributed by atoms with Crippen LogP contribution in [-0.4, -0.2) is 27.3 Å². The monoisotopic (exact) mass is 442 g/mol. The van der Waals surface area contributed by atoms with E-state index in [2.05, 4.69) is 31.5 Å². The number of hydrogen-bond acceptors (Lipinski definition) is 7. The highest BCUT2D eigenvalue weighted by molar-refractivity contribution is 9.10. The summed E-state index contributed by atoms with van der Waals surface area (Å²) >= 11 is 3.57. The van der Waals surface area contributed by atoms with Crippen molar-refractivity contribution in [2.24, 2.45) is 0 Å². The van der Waals surface area contributed by atoms with Gasteiger partial charge in [0.15, 0.2) is 5.58 Å². The quantitative estimate of drug-likeness (QED) is 0.462. The lowest BCUT2D eigenvalue weighted by Gasteiger charge is -2.30. The molecule has 28 heavy (non-hydrogen) atoms. The molecule has 4 rings (SSSR count). The molecule has 1 aliphatic carbocycles. The molecule has 4 N–H and O–H groups in total. The van der Waals surface area contributed by atoms with Crippen LogP contribution in [0.5, 0.6) is 11.5 Å². The number of nitrogens with one attached hydrogen (secondary N) is 2. The molecule has 144 valence electrons. The van der Waals surface area contributed by atoms with Gasteiger partial charge < -0.3 is 25.3 Å². The van der Waals surface area contributed by atoms with Gasteiger partial charge >= 0.3 is 0 Å². The largest absolute Gasteiger partial charge is 0.508 e. The highest BCUT2D eigenvalue weighted by Crippen LogP contribution is 2.34. The lowest BCUT2D eigenvalue weighted by Crippen LogP contribution is -2.32. The molecular formula is C20H19BrN4O3. The van der Waals surface area contributed by atoms with Crippen molar-refractivity contribution in [2.75, 3.05) is 10.6 Å². The Morgan fingerprint density at radius 1 is 1.04 bits per heavy atom.